The Morgan fingerprint density at radius 1 is 1.58 bits per heavy atom. The van der Waals surface area contributed by atoms with E-state index < -0.39 is 0 Å². The van der Waals surface area contributed by atoms with Crippen LogP contribution in [-0.4, -0.2) is 19.0 Å². The second kappa shape index (κ2) is 4.45. The predicted molar refractivity (Wildman–Crippen MR) is 48.3 cm³/mol. The smallest absolute Gasteiger partial charge is 0.220 e. The molecule has 0 aromatic rings. The molecule has 3 nitrogen and oxygen atoms in total. The second-order valence-corrected chi connectivity index (χ2v) is 3.47. The Kier molecular flexibility index (Phi) is 3.53. The summed E-state index contributed by atoms with van der Waals surface area (Å²) in [6.07, 6.45) is 4.36. The second-order valence-electron chi connectivity index (χ2n) is 3.47. The van der Waals surface area contributed by atoms with Gasteiger partial charge >= 0.3 is 0 Å². The van der Waals surface area contributed by atoms with E-state index in [-0.39, 0.29) is 11.8 Å². The van der Waals surface area contributed by atoms with Gasteiger partial charge in [0.1, 0.15) is 0 Å². The number of nitrogens with one attached hydrogen (secondary N) is 1. The zero-order valence-electron chi connectivity index (χ0n) is 7.55. The first kappa shape index (κ1) is 9.52. The van der Waals surface area contributed by atoms with Gasteiger partial charge in [0, 0.05) is 5.92 Å². The number of carbonyl (C=O) groups is 1. The third kappa shape index (κ3) is 2.81. The molecule has 0 aromatic heterocycles. The van der Waals surface area contributed by atoms with Gasteiger partial charge in [0.15, 0.2) is 0 Å². The monoisotopic (exact) mass is 169 g/mol. The lowest BCUT2D eigenvalue weighted by Gasteiger charge is -2.23. The lowest BCUT2D eigenvalue weighted by Crippen LogP contribution is -2.31. The molecule has 0 aromatic carbocycles. The Labute approximate surface area is 73.7 Å². The first-order chi connectivity index (χ1) is 5.70. The zero-order chi connectivity index (χ0) is 8.97. The molecule has 1 heterocycles. The summed E-state index contributed by atoms with van der Waals surface area (Å²) >= 11 is 0. The molecule has 69 valence electrons. The van der Waals surface area contributed by atoms with Crippen molar-refractivity contribution >= 4 is 5.91 Å². The normalized spacial score (nSPS) is 22.1. The molecule has 0 aliphatic carbocycles. The summed E-state index contributed by atoms with van der Waals surface area (Å²) in [5.74, 6) is 0.287. The van der Waals surface area contributed by atoms with Crippen LogP contribution in [0.1, 0.15) is 19.8 Å². The number of hydrogen-bond donors (Lipinski definition) is 2. The molecule has 3 N–H and O–H groups in total. The standard InChI is InChI=1S/C9H17N2O/c1-7(9(10)12)6-8-2-4-11-5-3-8/h6-8,11H,2-5H2,1H3,(H2,10,12). The topological polar surface area (TPSA) is 55.1 Å². The minimum Gasteiger partial charge on any atom is -0.369 e. The number of rotatable bonds is 3. The zero-order valence-corrected chi connectivity index (χ0v) is 7.55. The van der Waals surface area contributed by atoms with Crippen LogP contribution in [0.2, 0.25) is 0 Å². The maximum atomic E-state index is 10.7. The van der Waals surface area contributed by atoms with Gasteiger partial charge in [0.2, 0.25) is 5.91 Å². The molecule has 1 atom stereocenters. The van der Waals surface area contributed by atoms with Crippen LogP contribution in [0.25, 0.3) is 0 Å². The molecule has 1 aliphatic heterocycles. The Bertz CT molecular complexity index is 153. The summed E-state index contributed by atoms with van der Waals surface area (Å²) in [5.41, 5.74) is 5.17. The maximum Gasteiger partial charge on any atom is 0.220 e. The number of piperidine rings is 1. The molecular weight excluding hydrogens is 152 g/mol. The highest BCUT2D eigenvalue weighted by atomic mass is 16.1. The third-order valence-electron chi connectivity index (χ3n) is 2.39. The van der Waals surface area contributed by atoms with Crippen molar-refractivity contribution in [2.45, 2.75) is 19.8 Å². The highest BCUT2D eigenvalue weighted by Gasteiger charge is 2.18. The van der Waals surface area contributed by atoms with Crippen LogP contribution in [0.4, 0.5) is 0 Å². The highest BCUT2D eigenvalue weighted by molar-refractivity contribution is 5.77. The van der Waals surface area contributed by atoms with Crippen molar-refractivity contribution in [3.8, 4) is 0 Å². The fraction of sp³-hybridized carbons (Fsp3) is 0.778. The average molecular weight is 169 g/mol. The van der Waals surface area contributed by atoms with Crippen LogP contribution in [-0.2, 0) is 4.79 Å². The number of hydrogen-bond acceptors (Lipinski definition) is 2. The molecule has 12 heavy (non-hydrogen) atoms. The first-order valence-corrected chi connectivity index (χ1v) is 4.55. The summed E-state index contributed by atoms with van der Waals surface area (Å²) < 4.78 is 0. The molecular formula is C9H17N2O. The Morgan fingerprint density at radius 3 is 2.67 bits per heavy atom. The molecule has 1 unspecified atom stereocenters. The quantitative estimate of drug-likeness (QED) is 0.639. The van der Waals surface area contributed by atoms with Gasteiger partial charge in [0.05, 0.1) is 0 Å². The van der Waals surface area contributed by atoms with E-state index in [1.165, 1.54) is 0 Å². The fourth-order valence-corrected chi connectivity index (χ4v) is 1.54. The van der Waals surface area contributed by atoms with Crippen LogP contribution in [0.5, 0.6) is 0 Å². The SMILES string of the molecule is CC([CH]C1CCNCC1)C(N)=O. The van der Waals surface area contributed by atoms with Crippen molar-refractivity contribution in [1.29, 1.82) is 0 Å². The van der Waals surface area contributed by atoms with E-state index in [9.17, 15) is 4.79 Å². The minimum absolute atomic E-state index is 0.0758. The summed E-state index contributed by atoms with van der Waals surface area (Å²) in [6, 6.07) is 0. The van der Waals surface area contributed by atoms with Gasteiger partial charge in [-0.05, 0) is 38.3 Å². The molecule has 1 radical (unpaired) electrons. The van der Waals surface area contributed by atoms with E-state index in [2.05, 4.69) is 11.7 Å². The number of amides is 1. The fourth-order valence-electron chi connectivity index (χ4n) is 1.54. The van der Waals surface area contributed by atoms with E-state index in [0.717, 1.165) is 25.9 Å². The van der Waals surface area contributed by atoms with E-state index in [1.54, 1.807) is 0 Å². The van der Waals surface area contributed by atoms with Gasteiger partial charge in [0.25, 0.3) is 0 Å². The number of nitrogens with two attached hydrogens (primary N) is 1. The van der Waals surface area contributed by atoms with E-state index in [1.807, 2.05) is 6.92 Å². The largest absolute Gasteiger partial charge is 0.369 e. The van der Waals surface area contributed by atoms with Crippen LogP contribution in [0.15, 0.2) is 0 Å². The molecule has 1 saturated heterocycles. The number of primary amides is 1. The van der Waals surface area contributed by atoms with Gasteiger partial charge < -0.3 is 11.1 Å². The maximum absolute atomic E-state index is 10.7. The first-order valence-electron chi connectivity index (χ1n) is 4.55. The third-order valence-corrected chi connectivity index (χ3v) is 2.39. The van der Waals surface area contributed by atoms with Crippen molar-refractivity contribution in [1.82, 2.24) is 5.32 Å². The Balaban J connectivity index is 2.24. The van der Waals surface area contributed by atoms with Crippen LogP contribution >= 0.6 is 0 Å². The molecule has 1 fully saturated rings. The van der Waals surface area contributed by atoms with Gasteiger partial charge in [-0.15, -0.1) is 0 Å². The van der Waals surface area contributed by atoms with Crippen molar-refractivity contribution in [3.63, 3.8) is 0 Å². The molecule has 3 heteroatoms. The van der Waals surface area contributed by atoms with Crippen molar-refractivity contribution in [2.75, 3.05) is 13.1 Å². The van der Waals surface area contributed by atoms with Crippen molar-refractivity contribution in [2.24, 2.45) is 17.6 Å². The Hall–Kier alpha value is -0.570. The van der Waals surface area contributed by atoms with Crippen molar-refractivity contribution < 1.29 is 4.79 Å². The summed E-state index contributed by atoms with van der Waals surface area (Å²) in [4.78, 5) is 10.7. The van der Waals surface area contributed by atoms with Crippen molar-refractivity contribution in [3.05, 3.63) is 6.42 Å². The van der Waals surface area contributed by atoms with Gasteiger partial charge in [-0.3, -0.25) is 4.79 Å². The van der Waals surface area contributed by atoms with E-state index in [4.69, 9.17) is 5.73 Å². The Morgan fingerprint density at radius 2 is 2.17 bits per heavy atom. The summed E-state index contributed by atoms with van der Waals surface area (Å²) in [6.45, 7) is 3.99. The van der Waals surface area contributed by atoms with Crippen LogP contribution in [0.3, 0.4) is 0 Å². The highest BCUT2D eigenvalue weighted by Crippen LogP contribution is 2.19. The lowest BCUT2D eigenvalue weighted by atomic mass is 9.88. The van der Waals surface area contributed by atoms with Crippen LogP contribution < -0.4 is 11.1 Å². The van der Waals surface area contributed by atoms with Gasteiger partial charge in [-0.2, -0.15) is 0 Å². The number of carbonyl (C=O) groups excluding carboxylic acids is 1. The average Bonchev–Trinajstić information content (AvgIpc) is 2.06. The molecule has 0 bridgehead atoms. The molecule has 0 saturated carbocycles. The lowest BCUT2D eigenvalue weighted by molar-refractivity contribution is -0.120. The van der Waals surface area contributed by atoms with E-state index >= 15 is 0 Å². The molecule has 0 spiro atoms. The van der Waals surface area contributed by atoms with Gasteiger partial charge in [-0.25, -0.2) is 0 Å². The minimum atomic E-state index is -0.214. The summed E-state index contributed by atoms with van der Waals surface area (Å²) in [7, 11) is 0. The molecule has 1 aliphatic rings. The van der Waals surface area contributed by atoms with Crippen LogP contribution in [0, 0.1) is 18.3 Å². The summed E-state index contributed by atoms with van der Waals surface area (Å²) in [5, 5.41) is 3.28. The van der Waals surface area contributed by atoms with Gasteiger partial charge in [-0.1, -0.05) is 6.92 Å². The predicted octanol–water partition coefficient (Wildman–Crippen LogP) is 0.312. The van der Waals surface area contributed by atoms with E-state index in [0.29, 0.717) is 5.92 Å². The molecule has 1 amide bonds. The molecule has 1 rings (SSSR count).